The SMILES string of the molecule is COc1ccccc1C(=O)N1CCN(C(=O)CCc2ccc(=O)[nH]n2)CC1. The molecule has 1 aromatic heterocycles. The van der Waals surface area contributed by atoms with E-state index in [1.165, 1.54) is 6.07 Å². The number of nitrogens with one attached hydrogen (secondary N) is 1. The van der Waals surface area contributed by atoms with Crippen molar-refractivity contribution in [2.45, 2.75) is 12.8 Å². The molecule has 2 aromatic rings. The molecule has 8 heteroatoms. The second-order valence-corrected chi connectivity index (χ2v) is 6.29. The van der Waals surface area contributed by atoms with Crippen LogP contribution in [0.2, 0.25) is 0 Å². The third-order valence-electron chi connectivity index (χ3n) is 4.59. The number of ether oxygens (including phenoxy) is 1. The number of hydrogen-bond donors (Lipinski definition) is 1. The van der Waals surface area contributed by atoms with Gasteiger partial charge in [-0.3, -0.25) is 14.4 Å². The van der Waals surface area contributed by atoms with Crippen molar-refractivity contribution >= 4 is 11.8 Å². The molecule has 27 heavy (non-hydrogen) atoms. The maximum Gasteiger partial charge on any atom is 0.264 e. The molecule has 3 rings (SSSR count). The Hall–Kier alpha value is -3.16. The molecule has 1 fully saturated rings. The summed E-state index contributed by atoms with van der Waals surface area (Å²) in [5.41, 5.74) is 0.942. The summed E-state index contributed by atoms with van der Waals surface area (Å²) in [5, 5.41) is 6.27. The van der Waals surface area contributed by atoms with Crippen LogP contribution in [-0.2, 0) is 11.2 Å². The number of carbonyl (C=O) groups is 2. The predicted octanol–water partition coefficient (Wildman–Crippen LogP) is 0.696. The minimum absolute atomic E-state index is 0.0207. The Labute approximate surface area is 156 Å². The van der Waals surface area contributed by atoms with Crippen LogP contribution < -0.4 is 10.3 Å². The highest BCUT2D eigenvalue weighted by Crippen LogP contribution is 2.20. The predicted molar refractivity (Wildman–Crippen MR) is 98.7 cm³/mol. The lowest BCUT2D eigenvalue weighted by molar-refractivity contribution is -0.132. The number of aromatic amines is 1. The van der Waals surface area contributed by atoms with E-state index in [4.69, 9.17) is 4.74 Å². The smallest absolute Gasteiger partial charge is 0.264 e. The van der Waals surface area contributed by atoms with Gasteiger partial charge in [0, 0.05) is 45.1 Å². The van der Waals surface area contributed by atoms with Gasteiger partial charge in [-0.05, 0) is 18.2 Å². The number of para-hydroxylation sites is 1. The molecule has 1 saturated heterocycles. The zero-order chi connectivity index (χ0) is 19.2. The standard InChI is InChI=1S/C19H22N4O4/c1-27-16-5-3-2-4-15(16)19(26)23-12-10-22(11-13-23)18(25)9-7-14-6-8-17(24)21-20-14/h2-6,8H,7,9-13H2,1H3,(H,21,24). The summed E-state index contributed by atoms with van der Waals surface area (Å²) < 4.78 is 5.26. The summed E-state index contributed by atoms with van der Waals surface area (Å²) in [6.45, 7) is 1.97. The summed E-state index contributed by atoms with van der Waals surface area (Å²) in [5.74, 6) is 0.485. The molecular weight excluding hydrogens is 348 g/mol. The average Bonchev–Trinajstić information content (AvgIpc) is 2.72. The first-order valence-corrected chi connectivity index (χ1v) is 8.83. The summed E-state index contributed by atoms with van der Waals surface area (Å²) >= 11 is 0. The second kappa shape index (κ2) is 8.48. The molecule has 2 amide bonds. The summed E-state index contributed by atoms with van der Waals surface area (Å²) in [7, 11) is 1.54. The van der Waals surface area contributed by atoms with Gasteiger partial charge in [-0.1, -0.05) is 12.1 Å². The minimum atomic E-state index is -0.263. The number of rotatable bonds is 5. The molecule has 0 atom stereocenters. The van der Waals surface area contributed by atoms with Crippen LogP contribution in [0.15, 0.2) is 41.2 Å². The average molecular weight is 370 g/mol. The van der Waals surface area contributed by atoms with Crippen molar-refractivity contribution in [3.05, 3.63) is 58.0 Å². The van der Waals surface area contributed by atoms with Gasteiger partial charge in [0.05, 0.1) is 18.4 Å². The van der Waals surface area contributed by atoms with E-state index in [1.807, 2.05) is 6.07 Å². The maximum absolute atomic E-state index is 12.7. The Bertz CT molecular complexity index is 852. The fourth-order valence-electron chi connectivity index (χ4n) is 3.06. The highest BCUT2D eigenvalue weighted by Gasteiger charge is 2.26. The van der Waals surface area contributed by atoms with Crippen LogP contribution in [0, 0.1) is 0 Å². The van der Waals surface area contributed by atoms with Gasteiger partial charge in [-0.25, -0.2) is 5.10 Å². The number of methoxy groups -OCH3 is 1. The first-order chi connectivity index (χ1) is 13.1. The highest BCUT2D eigenvalue weighted by atomic mass is 16.5. The van der Waals surface area contributed by atoms with Crippen LogP contribution in [0.1, 0.15) is 22.5 Å². The van der Waals surface area contributed by atoms with Gasteiger partial charge >= 0.3 is 0 Å². The van der Waals surface area contributed by atoms with Crippen molar-refractivity contribution in [2.24, 2.45) is 0 Å². The molecule has 1 aromatic carbocycles. The number of aryl methyl sites for hydroxylation is 1. The van der Waals surface area contributed by atoms with Gasteiger partial charge in [0.25, 0.3) is 11.5 Å². The van der Waals surface area contributed by atoms with E-state index in [-0.39, 0.29) is 17.4 Å². The molecule has 1 aliphatic heterocycles. The monoisotopic (exact) mass is 370 g/mol. The number of aromatic nitrogens is 2. The van der Waals surface area contributed by atoms with Crippen molar-refractivity contribution in [1.29, 1.82) is 0 Å². The van der Waals surface area contributed by atoms with Crippen LogP contribution in [0.5, 0.6) is 5.75 Å². The first kappa shape index (κ1) is 18.6. The number of nitrogens with zero attached hydrogens (tertiary/aromatic N) is 3. The number of benzene rings is 1. The zero-order valence-corrected chi connectivity index (χ0v) is 15.2. The van der Waals surface area contributed by atoms with Gasteiger partial charge in [0.15, 0.2) is 0 Å². The number of piperazine rings is 1. The number of carbonyl (C=O) groups excluding carboxylic acids is 2. The van der Waals surface area contributed by atoms with E-state index in [0.29, 0.717) is 56.0 Å². The van der Waals surface area contributed by atoms with Gasteiger partial charge in [-0.2, -0.15) is 5.10 Å². The van der Waals surface area contributed by atoms with Crippen molar-refractivity contribution in [1.82, 2.24) is 20.0 Å². The maximum atomic E-state index is 12.7. The minimum Gasteiger partial charge on any atom is -0.496 e. The third kappa shape index (κ3) is 4.52. The van der Waals surface area contributed by atoms with E-state index in [1.54, 1.807) is 41.2 Å². The molecule has 0 spiro atoms. The quantitative estimate of drug-likeness (QED) is 0.836. The van der Waals surface area contributed by atoms with Gasteiger partial charge < -0.3 is 14.5 Å². The van der Waals surface area contributed by atoms with Crippen LogP contribution in [0.25, 0.3) is 0 Å². The third-order valence-corrected chi connectivity index (χ3v) is 4.59. The van der Waals surface area contributed by atoms with E-state index in [9.17, 15) is 14.4 Å². The largest absolute Gasteiger partial charge is 0.496 e. The molecule has 2 heterocycles. The van der Waals surface area contributed by atoms with Crippen molar-refractivity contribution in [3.8, 4) is 5.75 Å². The van der Waals surface area contributed by atoms with Gasteiger partial charge in [0.2, 0.25) is 5.91 Å². The van der Waals surface area contributed by atoms with Crippen LogP contribution in [-0.4, -0.2) is 65.1 Å². The van der Waals surface area contributed by atoms with Crippen LogP contribution in [0.4, 0.5) is 0 Å². The lowest BCUT2D eigenvalue weighted by atomic mass is 10.1. The van der Waals surface area contributed by atoms with Crippen molar-refractivity contribution < 1.29 is 14.3 Å². The van der Waals surface area contributed by atoms with Gasteiger partial charge in [0.1, 0.15) is 5.75 Å². The molecule has 0 radical (unpaired) electrons. The molecule has 0 aliphatic carbocycles. The second-order valence-electron chi connectivity index (χ2n) is 6.29. The normalized spacial score (nSPS) is 14.1. The van der Waals surface area contributed by atoms with Crippen LogP contribution >= 0.6 is 0 Å². The van der Waals surface area contributed by atoms with Crippen molar-refractivity contribution in [2.75, 3.05) is 33.3 Å². The summed E-state index contributed by atoms with van der Waals surface area (Å²) in [6, 6.07) is 10.2. The van der Waals surface area contributed by atoms with E-state index < -0.39 is 0 Å². The van der Waals surface area contributed by atoms with Gasteiger partial charge in [-0.15, -0.1) is 0 Å². The fourth-order valence-corrected chi connectivity index (χ4v) is 3.06. The van der Waals surface area contributed by atoms with Crippen molar-refractivity contribution in [3.63, 3.8) is 0 Å². The number of hydrogen-bond acceptors (Lipinski definition) is 5. The number of H-pyrrole nitrogens is 1. The lowest BCUT2D eigenvalue weighted by Gasteiger charge is -2.35. The molecular formula is C19H22N4O4. The van der Waals surface area contributed by atoms with E-state index >= 15 is 0 Å². The molecule has 1 aliphatic rings. The number of amides is 2. The Kier molecular flexibility index (Phi) is 5.85. The van der Waals surface area contributed by atoms with E-state index in [0.717, 1.165) is 0 Å². The zero-order valence-electron chi connectivity index (χ0n) is 15.2. The topological polar surface area (TPSA) is 95.6 Å². The van der Waals surface area contributed by atoms with Crippen LogP contribution in [0.3, 0.4) is 0 Å². The Balaban J connectivity index is 1.52. The Morgan fingerprint density at radius 1 is 1.07 bits per heavy atom. The summed E-state index contributed by atoms with van der Waals surface area (Å²) in [6.07, 6.45) is 0.787. The lowest BCUT2D eigenvalue weighted by Crippen LogP contribution is -2.50. The Morgan fingerprint density at radius 3 is 2.44 bits per heavy atom. The fraction of sp³-hybridized carbons (Fsp3) is 0.368. The molecule has 8 nitrogen and oxygen atoms in total. The summed E-state index contributed by atoms with van der Waals surface area (Å²) in [4.78, 5) is 39.6. The molecule has 142 valence electrons. The molecule has 1 N–H and O–H groups in total. The molecule has 0 unspecified atom stereocenters. The first-order valence-electron chi connectivity index (χ1n) is 8.83. The molecule has 0 saturated carbocycles. The van der Waals surface area contributed by atoms with E-state index in [2.05, 4.69) is 10.2 Å². The molecule has 0 bridgehead atoms. The highest BCUT2D eigenvalue weighted by molar-refractivity contribution is 5.97. The Morgan fingerprint density at radius 2 is 1.78 bits per heavy atom.